The first-order valence-corrected chi connectivity index (χ1v) is 5.42. The molecule has 0 bridgehead atoms. The lowest BCUT2D eigenvalue weighted by molar-refractivity contribution is -0.385. The lowest BCUT2D eigenvalue weighted by Crippen LogP contribution is -2.03. The van der Waals surface area contributed by atoms with Crippen molar-refractivity contribution in [2.75, 3.05) is 5.32 Å². The van der Waals surface area contributed by atoms with Gasteiger partial charge in [-0.1, -0.05) is 0 Å². The Morgan fingerprint density at radius 2 is 2.22 bits per heavy atom. The quantitative estimate of drug-likeness (QED) is 0.635. The number of H-pyrrole nitrogens is 1. The largest absolute Gasteiger partial charge is 0.366 e. The van der Waals surface area contributed by atoms with E-state index in [2.05, 4.69) is 20.5 Å². The lowest BCUT2D eigenvalue weighted by Gasteiger charge is -2.05. The molecule has 0 aliphatic carbocycles. The Morgan fingerprint density at radius 3 is 2.78 bits per heavy atom. The van der Waals surface area contributed by atoms with Crippen LogP contribution < -0.4 is 5.32 Å². The van der Waals surface area contributed by atoms with Gasteiger partial charge in [0.2, 0.25) is 0 Å². The molecule has 18 heavy (non-hydrogen) atoms. The standard InChI is InChI=1S/C11H13N5O2/c1-7-9(6-13-15-7)5-12-11-4-3-10(16(17)18)8(2)14-11/h3-4,6H,5H2,1-2H3,(H,12,14)(H,13,15). The molecule has 0 unspecified atom stereocenters. The monoisotopic (exact) mass is 247 g/mol. The van der Waals surface area contributed by atoms with E-state index in [9.17, 15) is 10.1 Å². The molecule has 0 aliphatic heterocycles. The molecule has 2 aromatic heterocycles. The third-order valence-corrected chi connectivity index (χ3v) is 2.65. The van der Waals surface area contributed by atoms with Gasteiger partial charge in [0.15, 0.2) is 0 Å². The number of aromatic amines is 1. The molecule has 0 fully saturated rings. The minimum atomic E-state index is -0.438. The van der Waals surface area contributed by atoms with E-state index < -0.39 is 4.92 Å². The molecule has 0 saturated heterocycles. The zero-order valence-electron chi connectivity index (χ0n) is 10.1. The molecule has 0 aromatic carbocycles. The van der Waals surface area contributed by atoms with E-state index in [0.29, 0.717) is 18.1 Å². The fourth-order valence-corrected chi connectivity index (χ4v) is 1.58. The maximum atomic E-state index is 10.7. The van der Waals surface area contributed by atoms with Crippen molar-refractivity contribution in [1.29, 1.82) is 0 Å². The second-order valence-electron chi connectivity index (χ2n) is 3.93. The van der Waals surface area contributed by atoms with Gasteiger partial charge in [0.25, 0.3) is 5.69 Å². The Kier molecular flexibility index (Phi) is 3.22. The number of hydrogen-bond acceptors (Lipinski definition) is 5. The highest BCUT2D eigenvalue weighted by atomic mass is 16.6. The Bertz CT molecular complexity index is 579. The molecule has 0 atom stereocenters. The molecule has 2 heterocycles. The van der Waals surface area contributed by atoms with Crippen molar-refractivity contribution in [1.82, 2.24) is 15.2 Å². The number of hydrogen-bond donors (Lipinski definition) is 2. The molecule has 94 valence electrons. The van der Waals surface area contributed by atoms with Crippen LogP contribution in [0.4, 0.5) is 11.5 Å². The molecule has 0 amide bonds. The molecule has 0 saturated carbocycles. The van der Waals surface area contributed by atoms with Gasteiger partial charge in [-0.3, -0.25) is 15.2 Å². The third kappa shape index (κ3) is 2.45. The summed E-state index contributed by atoms with van der Waals surface area (Å²) in [5.74, 6) is 0.610. The zero-order valence-corrected chi connectivity index (χ0v) is 10.1. The zero-order chi connectivity index (χ0) is 13.1. The van der Waals surface area contributed by atoms with Crippen LogP contribution in [0.1, 0.15) is 17.0 Å². The number of rotatable bonds is 4. The fourth-order valence-electron chi connectivity index (χ4n) is 1.58. The van der Waals surface area contributed by atoms with Crippen LogP contribution in [0.15, 0.2) is 18.3 Å². The van der Waals surface area contributed by atoms with Crippen LogP contribution in [-0.4, -0.2) is 20.1 Å². The van der Waals surface area contributed by atoms with Gasteiger partial charge in [0.05, 0.1) is 11.1 Å². The van der Waals surface area contributed by atoms with Crippen molar-refractivity contribution in [3.05, 3.63) is 45.4 Å². The molecule has 0 aliphatic rings. The molecule has 0 radical (unpaired) electrons. The Morgan fingerprint density at radius 1 is 1.44 bits per heavy atom. The van der Waals surface area contributed by atoms with E-state index >= 15 is 0 Å². The first-order chi connectivity index (χ1) is 8.58. The number of nitrogens with one attached hydrogen (secondary N) is 2. The van der Waals surface area contributed by atoms with Crippen molar-refractivity contribution in [2.45, 2.75) is 20.4 Å². The molecule has 2 aromatic rings. The van der Waals surface area contributed by atoms with Crippen molar-refractivity contribution < 1.29 is 4.92 Å². The highest BCUT2D eigenvalue weighted by Gasteiger charge is 2.11. The van der Waals surface area contributed by atoms with Crippen molar-refractivity contribution >= 4 is 11.5 Å². The molecule has 0 spiro atoms. The van der Waals surface area contributed by atoms with Gasteiger partial charge >= 0.3 is 0 Å². The average Bonchev–Trinajstić information content (AvgIpc) is 2.72. The Labute approximate surface area is 103 Å². The molecule has 7 heteroatoms. The van der Waals surface area contributed by atoms with E-state index in [4.69, 9.17) is 0 Å². The minimum absolute atomic E-state index is 0.0278. The highest BCUT2D eigenvalue weighted by Crippen LogP contribution is 2.18. The van der Waals surface area contributed by atoms with Gasteiger partial charge in [0.1, 0.15) is 11.5 Å². The second-order valence-corrected chi connectivity index (χ2v) is 3.93. The summed E-state index contributed by atoms with van der Waals surface area (Å²) in [6.45, 7) is 4.12. The van der Waals surface area contributed by atoms with Gasteiger partial charge in [-0.2, -0.15) is 5.10 Å². The Hall–Kier alpha value is -2.44. The number of aryl methyl sites for hydroxylation is 2. The van der Waals surface area contributed by atoms with E-state index in [1.807, 2.05) is 6.92 Å². The summed E-state index contributed by atoms with van der Waals surface area (Å²) in [6.07, 6.45) is 1.74. The van der Waals surface area contributed by atoms with Crippen LogP contribution in [0.5, 0.6) is 0 Å². The molecular weight excluding hydrogens is 234 g/mol. The first-order valence-electron chi connectivity index (χ1n) is 5.42. The van der Waals surface area contributed by atoms with Crippen LogP contribution in [0.3, 0.4) is 0 Å². The number of nitro groups is 1. The molecule has 2 N–H and O–H groups in total. The number of pyridine rings is 1. The van der Waals surface area contributed by atoms with E-state index in [1.165, 1.54) is 6.07 Å². The molecular formula is C11H13N5O2. The third-order valence-electron chi connectivity index (χ3n) is 2.65. The second kappa shape index (κ2) is 4.82. The Balaban J connectivity index is 2.09. The van der Waals surface area contributed by atoms with Gasteiger partial charge in [-0.15, -0.1) is 0 Å². The first kappa shape index (κ1) is 12.0. The van der Waals surface area contributed by atoms with Crippen LogP contribution in [0.2, 0.25) is 0 Å². The summed E-state index contributed by atoms with van der Waals surface area (Å²) in [4.78, 5) is 14.4. The van der Waals surface area contributed by atoms with Crippen LogP contribution >= 0.6 is 0 Å². The number of nitrogens with zero attached hydrogens (tertiary/aromatic N) is 3. The van der Waals surface area contributed by atoms with Crippen molar-refractivity contribution in [3.8, 4) is 0 Å². The summed E-state index contributed by atoms with van der Waals surface area (Å²) in [5.41, 5.74) is 2.45. The van der Waals surface area contributed by atoms with Gasteiger partial charge < -0.3 is 5.32 Å². The summed E-state index contributed by atoms with van der Waals surface area (Å²) < 4.78 is 0. The van der Waals surface area contributed by atoms with Gasteiger partial charge in [-0.25, -0.2) is 4.98 Å². The van der Waals surface area contributed by atoms with Gasteiger partial charge in [-0.05, 0) is 19.9 Å². The highest BCUT2D eigenvalue weighted by molar-refractivity contribution is 5.45. The number of anilines is 1. The minimum Gasteiger partial charge on any atom is -0.366 e. The topological polar surface area (TPSA) is 96.7 Å². The SMILES string of the molecule is Cc1nc(NCc2cn[nH]c2C)ccc1[N+](=O)[O-]. The van der Waals surface area contributed by atoms with E-state index in [-0.39, 0.29) is 5.69 Å². The van der Waals surface area contributed by atoms with Crippen molar-refractivity contribution in [2.24, 2.45) is 0 Å². The summed E-state index contributed by atoms with van der Waals surface area (Å²) >= 11 is 0. The predicted octanol–water partition coefficient (Wildman–Crippen LogP) is 1.94. The fraction of sp³-hybridized carbons (Fsp3) is 0.273. The average molecular weight is 247 g/mol. The van der Waals surface area contributed by atoms with E-state index in [0.717, 1.165) is 11.3 Å². The molecule has 7 nitrogen and oxygen atoms in total. The number of aromatic nitrogens is 3. The van der Waals surface area contributed by atoms with Crippen molar-refractivity contribution in [3.63, 3.8) is 0 Å². The summed E-state index contributed by atoms with van der Waals surface area (Å²) in [6, 6.07) is 3.05. The smallest absolute Gasteiger partial charge is 0.290 e. The van der Waals surface area contributed by atoms with Crippen LogP contribution in [0.25, 0.3) is 0 Å². The molecule has 2 rings (SSSR count). The van der Waals surface area contributed by atoms with Gasteiger partial charge in [0, 0.05) is 23.9 Å². The summed E-state index contributed by atoms with van der Waals surface area (Å²) in [5, 5.41) is 20.5. The van der Waals surface area contributed by atoms with E-state index in [1.54, 1.807) is 19.2 Å². The normalized spacial score (nSPS) is 10.3. The lowest BCUT2D eigenvalue weighted by atomic mass is 10.2. The van der Waals surface area contributed by atoms with Crippen LogP contribution in [0, 0.1) is 24.0 Å². The maximum absolute atomic E-state index is 10.7. The summed E-state index contributed by atoms with van der Waals surface area (Å²) in [7, 11) is 0. The predicted molar refractivity (Wildman–Crippen MR) is 66.3 cm³/mol. The van der Waals surface area contributed by atoms with Crippen LogP contribution in [-0.2, 0) is 6.54 Å². The maximum Gasteiger partial charge on any atom is 0.290 e.